The van der Waals surface area contributed by atoms with Crippen molar-refractivity contribution in [2.75, 3.05) is 20.1 Å². The third kappa shape index (κ3) is 3.42. The maximum Gasteiger partial charge on any atom is 0.0746 e. The first-order valence-electron chi connectivity index (χ1n) is 7.98. The summed E-state index contributed by atoms with van der Waals surface area (Å²) in [5.41, 5.74) is 2.42. The largest absolute Gasteiger partial charge is 0.310 e. The number of hydrogen-bond donors (Lipinski definition) is 1. The minimum absolute atomic E-state index is 0.548. The van der Waals surface area contributed by atoms with Crippen molar-refractivity contribution < 1.29 is 0 Å². The number of pyridine rings is 1. The maximum absolute atomic E-state index is 4.54. The highest BCUT2D eigenvalue weighted by Gasteiger charge is 2.22. The quantitative estimate of drug-likeness (QED) is 0.935. The lowest BCUT2D eigenvalue weighted by atomic mass is 9.91. The number of fused-ring (bicyclic) bond motifs is 1. The van der Waals surface area contributed by atoms with Gasteiger partial charge in [0.25, 0.3) is 0 Å². The Labute approximate surface area is 127 Å². The predicted octanol–water partition coefficient (Wildman–Crippen LogP) is 3.05. The summed E-state index contributed by atoms with van der Waals surface area (Å²) in [4.78, 5) is 6.99. The van der Waals surface area contributed by atoms with E-state index in [1.165, 1.54) is 36.9 Å². The van der Waals surface area contributed by atoms with Gasteiger partial charge in [0.1, 0.15) is 0 Å². The molecule has 112 valence electrons. The molecule has 1 fully saturated rings. The normalized spacial score (nSPS) is 21.5. The SMILES string of the molecule is CC(NCc1cccc2cccnc12)C1CCCN(C)C1. The van der Waals surface area contributed by atoms with Crippen molar-refractivity contribution in [1.29, 1.82) is 0 Å². The Balaban J connectivity index is 1.66. The van der Waals surface area contributed by atoms with Crippen molar-refractivity contribution >= 4 is 10.9 Å². The molecule has 1 N–H and O–H groups in total. The number of para-hydroxylation sites is 1. The summed E-state index contributed by atoms with van der Waals surface area (Å²) in [7, 11) is 2.23. The molecule has 3 nitrogen and oxygen atoms in total. The number of hydrogen-bond acceptors (Lipinski definition) is 3. The molecule has 0 spiro atoms. The first-order chi connectivity index (χ1) is 10.2. The van der Waals surface area contributed by atoms with Crippen molar-refractivity contribution in [1.82, 2.24) is 15.2 Å². The van der Waals surface area contributed by atoms with Crippen LogP contribution in [0.3, 0.4) is 0 Å². The molecule has 0 radical (unpaired) electrons. The lowest BCUT2D eigenvalue weighted by molar-refractivity contribution is 0.178. The number of nitrogens with one attached hydrogen (secondary N) is 1. The van der Waals surface area contributed by atoms with Gasteiger partial charge in [0.15, 0.2) is 0 Å². The lowest BCUT2D eigenvalue weighted by Crippen LogP contribution is -2.42. The van der Waals surface area contributed by atoms with Crippen LogP contribution < -0.4 is 5.32 Å². The fourth-order valence-electron chi connectivity index (χ4n) is 3.36. The summed E-state index contributed by atoms with van der Waals surface area (Å²) >= 11 is 0. The molecule has 3 heteroatoms. The molecule has 2 aromatic rings. The van der Waals surface area contributed by atoms with E-state index in [4.69, 9.17) is 0 Å². The fraction of sp³-hybridized carbons (Fsp3) is 0.500. The topological polar surface area (TPSA) is 28.2 Å². The standard InChI is InChI=1S/C18H25N3/c1-14(17-9-5-11-21(2)13-17)20-12-16-7-3-6-15-8-4-10-19-18(15)16/h3-4,6-8,10,14,17,20H,5,9,11-13H2,1-2H3. The molecule has 0 amide bonds. The number of rotatable bonds is 4. The van der Waals surface area contributed by atoms with Gasteiger partial charge >= 0.3 is 0 Å². The second-order valence-electron chi connectivity index (χ2n) is 6.33. The molecule has 0 saturated carbocycles. The van der Waals surface area contributed by atoms with Gasteiger partial charge in [-0.1, -0.05) is 24.3 Å². The Kier molecular flexibility index (Phi) is 4.51. The van der Waals surface area contributed by atoms with Crippen LogP contribution in [0.25, 0.3) is 10.9 Å². The first-order valence-corrected chi connectivity index (χ1v) is 7.98. The average molecular weight is 283 g/mol. The zero-order valence-electron chi connectivity index (χ0n) is 13.0. The van der Waals surface area contributed by atoms with Crippen LogP contribution in [0.5, 0.6) is 0 Å². The Hall–Kier alpha value is -1.45. The van der Waals surface area contributed by atoms with Crippen molar-refractivity contribution in [3.05, 3.63) is 42.1 Å². The summed E-state index contributed by atoms with van der Waals surface area (Å²) in [6.07, 6.45) is 4.54. The Morgan fingerprint density at radius 1 is 1.33 bits per heavy atom. The molecule has 0 aliphatic carbocycles. The van der Waals surface area contributed by atoms with E-state index in [0.29, 0.717) is 6.04 Å². The second kappa shape index (κ2) is 6.54. The maximum atomic E-state index is 4.54. The van der Waals surface area contributed by atoms with Crippen LogP contribution in [-0.4, -0.2) is 36.1 Å². The van der Waals surface area contributed by atoms with Crippen LogP contribution in [-0.2, 0) is 6.54 Å². The molecule has 0 bridgehead atoms. The number of nitrogens with zero attached hydrogens (tertiary/aromatic N) is 2. The van der Waals surface area contributed by atoms with E-state index in [1.807, 2.05) is 12.3 Å². The molecule has 21 heavy (non-hydrogen) atoms. The van der Waals surface area contributed by atoms with Gasteiger partial charge in [0, 0.05) is 30.7 Å². The molecule has 3 rings (SSSR count). The van der Waals surface area contributed by atoms with E-state index in [-0.39, 0.29) is 0 Å². The average Bonchev–Trinajstić information content (AvgIpc) is 2.52. The van der Waals surface area contributed by atoms with E-state index in [9.17, 15) is 0 Å². The smallest absolute Gasteiger partial charge is 0.0746 e. The van der Waals surface area contributed by atoms with Crippen molar-refractivity contribution in [2.45, 2.75) is 32.4 Å². The van der Waals surface area contributed by atoms with E-state index in [2.05, 4.69) is 53.4 Å². The van der Waals surface area contributed by atoms with Gasteiger partial charge in [-0.2, -0.15) is 0 Å². The molecule has 1 aromatic heterocycles. The summed E-state index contributed by atoms with van der Waals surface area (Å²) in [6, 6.07) is 11.1. The second-order valence-corrected chi connectivity index (χ2v) is 6.33. The minimum Gasteiger partial charge on any atom is -0.310 e. The Morgan fingerprint density at radius 3 is 3.05 bits per heavy atom. The van der Waals surface area contributed by atoms with Crippen molar-refractivity contribution in [2.24, 2.45) is 5.92 Å². The molecular formula is C18H25N3. The Morgan fingerprint density at radius 2 is 2.19 bits per heavy atom. The van der Waals surface area contributed by atoms with Crippen LogP contribution in [0.15, 0.2) is 36.5 Å². The molecule has 1 saturated heterocycles. The molecule has 1 aromatic carbocycles. The molecule has 1 aliphatic heterocycles. The van der Waals surface area contributed by atoms with Crippen LogP contribution in [0, 0.1) is 5.92 Å². The fourth-order valence-corrected chi connectivity index (χ4v) is 3.36. The number of likely N-dealkylation sites (tertiary alicyclic amines) is 1. The lowest BCUT2D eigenvalue weighted by Gasteiger charge is -2.34. The van der Waals surface area contributed by atoms with E-state index in [0.717, 1.165) is 18.0 Å². The number of benzene rings is 1. The zero-order chi connectivity index (χ0) is 14.7. The van der Waals surface area contributed by atoms with Gasteiger partial charge in [-0.3, -0.25) is 4.98 Å². The molecule has 2 atom stereocenters. The van der Waals surface area contributed by atoms with E-state index in [1.54, 1.807) is 0 Å². The third-order valence-corrected chi connectivity index (χ3v) is 4.70. The van der Waals surface area contributed by atoms with Crippen LogP contribution in [0.4, 0.5) is 0 Å². The van der Waals surface area contributed by atoms with Crippen molar-refractivity contribution in [3.63, 3.8) is 0 Å². The summed E-state index contributed by atoms with van der Waals surface area (Å²) in [6.45, 7) is 5.68. The van der Waals surface area contributed by atoms with Crippen LogP contribution >= 0.6 is 0 Å². The predicted molar refractivity (Wildman–Crippen MR) is 88.3 cm³/mol. The third-order valence-electron chi connectivity index (χ3n) is 4.70. The highest BCUT2D eigenvalue weighted by Crippen LogP contribution is 2.20. The monoisotopic (exact) mass is 283 g/mol. The van der Waals surface area contributed by atoms with E-state index >= 15 is 0 Å². The zero-order valence-corrected chi connectivity index (χ0v) is 13.0. The van der Waals surface area contributed by atoms with E-state index < -0.39 is 0 Å². The van der Waals surface area contributed by atoms with Crippen LogP contribution in [0.1, 0.15) is 25.3 Å². The number of piperidine rings is 1. The van der Waals surface area contributed by atoms with Gasteiger partial charge in [-0.15, -0.1) is 0 Å². The minimum atomic E-state index is 0.548. The first kappa shape index (κ1) is 14.5. The molecule has 2 unspecified atom stereocenters. The highest BCUT2D eigenvalue weighted by atomic mass is 15.1. The van der Waals surface area contributed by atoms with Gasteiger partial charge < -0.3 is 10.2 Å². The number of aromatic nitrogens is 1. The van der Waals surface area contributed by atoms with Gasteiger partial charge in [0.05, 0.1) is 5.52 Å². The van der Waals surface area contributed by atoms with Crippen LogP contribution in [0.2, 0.25) is 0 Å². The summed E-state index contributed by atoms with van der Waals surface area (Å²) in [5, 5.41) is 4.94. The van der Waals surface area contributed by atoms with Gasteiger partial charge in [-0.25, -0.2) is 0 Å². The van der Waals surface area contributed by atoms with Gasteiger partial charge in [0.2, 0.25) is 0 Å². The van der Waals surface area contributed by atoms with Crippen molar-refractivity contribution in [3.8, 4) is 0 Å². The molecule has 1 aliphatic rings. The Bertz CT molecular complexity index is 591. The summed E-state index contributed by atoms with van der Waals surface area (Å²) in [5.74, 6) is 0.756. The highest BCUT2D eigenvalue weighted by molar-refractivity contribution is 5.81. The van der Waals surface area contributed by atoms with Gasteiger partial charge in [-0.05, 0) is 50.9 Å². The molecular weight excluding hydrogens is 258 g/mol. The molecule has 2 heterocycles. The summed E-state index contributed by atoms with van der Waals surface area (Å²) < 4.78 is 0.